The molecule has 3 aromatic heterocycles. The highest BCUT2D eigenvalue weighted by Gasteiger charge is 2.25. The van der Waals surface area contributed by atoms with E-state index in [2.05, 4.69) is 32.3 Å². The van der Waals surface area contributed by atoms with Gasteiger partial charge in [0, 0.05) is 34.0 Å². The fourth-order valence-electron chi connectivity index (χ4n) is 4.54. The van der Waals surface area contributed by atoms with Crippen LogP contribution in [-0.4, -0.2) is 51.6 Å². The second-order valence-electron chi connectivity index (χ2n) is 8.35. The summed E-state index contributed by atoms with van der Waals surface area (Å²) in [5.74, 6) is 1.19. The number of nitrogens with zero attached hydrogens (tertiary/aromatic N) is 4. The molecule has 3 N–H and O–H groups in total. The molecule has 1 amide bonds. The number of fused-ring (bicyclic) bond motifs is 5. The molecule has 1 fully saturated rings. The Labute approximate surface area is 183 Å². The van der Waals surface area contributed by atoms with Crippen molar-refractivity contribution in [2.75, 3.05) is 25.0 Å². The quantitative estimate of drug-likeness (QED) is 0.450. The second-order valence-corrected chi connectivity index (χ2v) is 9.40. The number of hydrogen-bond donors (Lipinski definition) is 3. The maximum atomic E-state index is 12.6. The molecule has 6 rings (SSSR count). The molecule has 8 nitrogen and oxygen atoms in total. The third-order valence-corrected chi connectivity index (χ3v) is 7.33. The molecule has 1 aromatic carbocycles. The van der Waals surface area contributed by atoms with E-state index in [1.807, 2.05) is 31.3 Å². The van der Waals surface area contributed by atoms with E-state index in [1.165, 1.54) is 11.3 Å². The molecule has 9 heteroatoms. The van der Waals surface area contributed by atoms with Crippen LogP contribution in [0.15, 0.2) is 30.5 Å². The van der Waals surface area contributed by atoms with Crippen LogP contribution in [0.5, 0.6) is 0 Å². The Balaban J connectivity index is 1.42. The summed E-state index contributed by atoms with van der Waals surface area (Å²) >= 11 is 1.52. The summed E-state index contributed by atoms with van der Waals surface area (Å²) in [5, 5.41) is 20.8. The number of carbonyl (C=O) groups is 1. The number of pyridine rings is 1. The van der Waals surface area contributed by atoms with E-state index < -0.39 is 0 Å². The summed E-state index contributed by atoms with van der Waals surface area (Å²) in [7, 11) is 0. The van der Waals surface area contributed by atoms with Crippen LogP contribution in [0.2, 0.25) is 0 Å². The van der Waals surface area contributed by atoms with Gasteiger partial charge in [0.25, 0.3) is 5.91 Å². The minimum Gasteiger partial charge on any atom is -0.381 e. The van der Waals surface area contributed by atoms with E-state index >= 15 is 0 Å². The van der Waals surface area contributed by atoms with Crippen molar-refractivity contribution in [3.63, 3.8) is 0 Å². The lowest BCUT2D eigenvalue weighted by Gasteiger charge is -2.19. The Morgan fingerprint density at radius 1 is 1.16 bits per heavy atom. The first-order valence-electron chi connectivity index (χ1n) is 10.7. The zero-order chi connectivity index (χ0) is 20.9. The van der Waals surface area contributed by atoms with E-state index in [0.29, 0.717) is 12.5 Å². The number of benzene rings is 1. The van der Waals surface area contributed by atoms with Gasteiger partial charge in [-0.3, -0.25) is 4.79 Å². The molecule has 0 aliphatic carbocycles. The van der Waals surface area contributed by atoms with E-state index in [4.69, 9.17) is 4.98 Å². The van der Waals surface area contributed by atoms with Crippen LogP contribution < -0.4 is 16.0 Å². The second kappa shape index (κ2) is 7.28. The van der Waals surface area contributed by atoms with Crippen molar-refractivity contribution < 1.29 is 4.79 Å². The Morgan fingerprint density at radius 3 is 2.90 bits per heavy atom. The third-order valence-electron chi connectivity index (χ3n) is 6.18. The van der Waals surface area contributed by atoms with Gasteiger partial charge in [0.05, 0.1) is 23.1 Å². The molecule has 158 valence electrons. The van der Waals surface area contributed by atoms with Gasteiger partial charge < -0.3 is 16.0 Å². The summed E-state index contributed by atoms with van der Waals surface area (Å²) in [6.07, 6.45) is 4.18. The molecule has 0 bridgehead atoms. The summed E-state index contributed by atoms with van der Waals surface area (Å²) in [5.41, 5.74) is 2.83. The topological polar surface area (TPSA) is 96.8 Å². The van der Waals surface area contributed by atoms with Gasteiger partial charge >= 0.3 is 0 Å². The van der Waals surface area contributed by atoms with Crippen molar-refractivity contribution in [2.45, 2.75) is 31.7 Å². The van der Waals surface area contributed by atoms with Crippen molar-refractivity contribution in [2.24, 2.45) is 0 Å². The number of anilines is 1. The first-order chi connectivity index (χ1) is 15.2. The summed E-state index contributed by atoms with van der Waals surface area (Å²) in [6.45, 7) is 4.76. The van der Waals surface area contributed by atoms with E-state index in [0.717, 1.165) is 69.0 Å². The van der Waals surface area contributed by atoms with Crippen LogP contribution in [0.25, 0.3) is 26.8 Å². The van der Waals surface area contributed by atoms with Crippen LogP contribution in [0.3, 0.4) is 0 Å². The number of nitrogens with one attached hydrogen (secondary N) is 3. The highest BCUT2D eigenvalue weighted by atomic mass is 32.1. The molecule has 0 spiro atoms. The molecule has 5 heterocycles. The van der Waals surface area contributed by atoms with E-state index in [1.54, 1.807) is 4.68 Å². The summed E-state index contributed by atoms with van der Waals surface area (Å²) < 4.78 is 2.85. The predicted octanol–water partition coefficient (Wildman–Crippen LogP) is 3.04. The Morgan fingerprint density at radius 2 is 2.03 bits per heavy atom. The Hall–Kier alpha value is -3.04. The third kappa shape index (κ3) is 3.16. The SMILES string of the molecule is C[C@@H]1CNc2c(sc3ccc4nc(-n5cc(C6CCNCC6)nn5)ccc4c23)C(=O)N1. The zero-order valence-corrected chi connectivity index (χ0v) is 18.0. The standard InChI is InChI=1S/C22H23N7OS/c1-12-10-24-20-19-14-2-5-18(29-11-16(27-28-29)13-6-8-23-9-7-13)26-15(14)3-4-17(19)31-21(20)22(30)25-12/h2-5,11-13,23-24H,6-10H2,1H3,(H,25,30)/t12-/m1/s1. The van der Waals surface area contributed by atoms with Gasteiger partial charge in [-0.2, -0.15) is 0 Å². The molecule has 0 saturated carbocycles. The lowest BCUT2D eigenvalue weighted by Crippen LogP contribution is -2.34. The van der Waals surface area contributed by atoms with Gasteiger partial charge in [0.15, 0.2) is 5.82 Å². The fourth-order valence-corrected chi connectivity index (χ4v) is 5.63. The monoisotopic (exact) mass is 433 g/mol. The van der Waals surface area contributed by atoms with E-state index in [9.17, 15) is 4.79 Å². The first kappa shape index (κ1) is 18.7. The highest BCUT2D eigenvalue weighted by molar-refractivity contribution is 7.21. The Bertz CT molecular complexity index is 1300. The molecular weight excluding hydrogens is 410 g/mol. The predicted molar refractivity (Wildman–Crippen MR) is 122 cm³/mol. The molecule has 1 atom stereocenters. The first-order valence-corrected chi connectivity index (χ1v) is 11.5. The van der Waals surface area contributed by atoms with Crippen LogP contribution >= 0.6 is 11.3 Å². The average Bonchev–Trinajstić information content (AvgIpc) is 3.40. The number of amides is 1. The van der Waals surface area contributed by atoms with Gasteiger partial charge in [0.1, 0.15) is 4.88 Å². The summed E-state index contributed by atoms with van der Waals surface area (Å²) in [6, 6.07) is 8.21. The normalized spacial score (nSPS) is 19.8. The summed E-state index contributed by atoms with van der Waals surface area (Å²) in [4.78, 5) is 18.2. The molecular formula is C22H23N7OS. The van der Waals surface area contributed by atoms with Crippen molar-refractivity contribution >= 4 is 43.9 Å². The van der Waals surface area contributed by atoms with Crippen molar-refractivity contribution in [3.05, 3.63) is 41.0 Å². The van der Waals surface area contributed by atoms with Crippen LogP contribution in [-0.2, 0) is 0 Å². The number of carbonyl (C=O) groups excluding carboxylic acids is 1. The minimum atomic E-state index is -0.0144. The lowest BCUT2D eigenvalue weighted by molar-refractivity contribution is 0.0949. The lowest BCUT2D eigenvalue weighted by atomic mass is 9.95. The number of thiophene rings is 1. The average molecular weight is 434 g/mol. The molecule has 2 aliphatic heterocycles. The van der Waals surface area contributed by atoms with Crippen LogP contribution in [0.4, 0.5) is 5.69 Å². The van der Waals surface area contributed by atoms with Gasteiger partial charge in [-0.15, -0.1) is 16.4 Å². The van der Waals surface area contributed by atoms with Gasteiger partial charge in [0.2, 0.25) is 0 Å². The van der Waals surface area contributed by atoms with Gasteiger partial charge in [-0.1, -0.05) is 5.21 Å². The van der Waals surface area contributed by atoms with Crippen molar-refractivity contribution in [3.8, 4) is 5.82 Å². The van der Waals surface area contributed by atoms with Crippen LogP contribution in [0, 0.1) is 0 Å². The highest BCUT2D eigenvalue weighted by Crippen LogP contribution is 2.41. The molecule has 0 unspecified atom stereocenters. The number of piperidine rings is 1. The van der Waals surface area contributed by atoms with E-state index in [-0.39, 0.29) is 11.9 Å². The molecule has 2 aliphatic rings. The molecule has 31 heavy (non-hydrogen) atoms. The number of hydrogen-bond acceptors (Lipinski definition) is 7. The largest absolute Gasteiger partial charge is 0.381 e. The van der Waals surface area contributed by atoms with Crippen molar-refractivity contribution in [1.82, 2.24) is 30.6 Å². The van der Waals surface area contributed by atoms with Crippen LogP contribution in [0.1, 0.15) is 41.0 Å². The fraction of sp³-hybridized carbons (Fsp3) is 0.364. The maximum absolute atomic E-state index is 12.6. The maximum Gasteiger partial charge on any atom is 0.263 e. The Kier molecular flexibility index (Phi) is 4.39. The number of rotatable bonds is 2. The molecule has 4 aromatic rings. The molecule has 0 radical (unpaired) electrons. The van der Waals surface area contributed by atoms with Crippen molar-refractivity contribution in [1.29, 1.82) is 0 Å². The smallest absolute Gasteiger partial charge is 0.263 e. The molecule has 1 saturated heterocycles. The zero-order valence-electron chi connectivity index (χ0n) is 17.2. The van der Waals surface area contributed by atoms with Gasteiger partial charge in [-0.05, 0) is 57.1 Å². The number of aromatic nitrogens is 4. The van der Waals surface area contributed by atoms with Gasteiger partial charge in [-0.25, -0.2) is 9.67 Å². The minimum absolute atomic E-state index is 0.0144.